The van der Waals surface area contributed by atoms with E-state index in [1.165, 1.54) is 11.1 Å². The summed E-state index contributed by atoms with van der Waals surface area (Å²) in [7, 11) is 0. The molecule has 1 aliphatic heterocycles. The molecule has 5 heteroatoms. The fourth-order valence-corrected chi connectivity index (χ4v) is 3.84. The number of rotatable bonds is 6. The van der Waals surface area contributed by atoms with E-state index in [2.05, 4.69) is 56.5 Å². The quantitative estimate of drug-likeness (QED) is 0.685. The average molecular weight is 401 g/mol. The van der Waals surface area contributed by atoms with E-state index < -0.39 is 0 Å². The number of hydrogen-bond acceptors (Lipinski definition) is 4. The molecule has 0 saturated carbocycles. The smallest absolute Gasteiger partial charge is 0.234 e. The summed E-state index contributed by atoms with van der Waals surface area (Å²) in [6, 6.07) is 24.7. The zero-order valence-corrected chi connectivity index (χ0v) is 17.4. The van der Waals surface area contributed by atoms with Gasteiger partial charge in [0.2, 0.25) is 5.91 Å². The molecule has 30 heavy (non-hydrogen) atoms. The summed E-state index contributed by atoms with van der Waals surface area (Å²) >= 11 is 0. The Hall–Kier alpha value is -3.18. The second-order valence-corrected chi connectivity index (χ2v) is 7.73. The van der Waals surface area contributed by atoms with Crippen molar-refractivity contribution in [1.82, 2.24) is 15.2 Å². The van der Waals surface area contributed by atoms with Crippen LogP contribution in [-0.2, 0) is 4.79 Å². The molecule has 1 amide bonds. The molecule has 3 aromatic rings. The highest BCUT2D eigenvalue weighted by molar-refractivity contribution is 5.78. The third kappa shape index (κ3) is 5.05. The first-order valence-corrected chi connectivity index (χ1v) is 10.5. The van der Waals surface area contributed by atoms with Crippen molar-refractivity contribution >= 4 is 11.7 Å². The van der Waals surface area contributed by atoms with Crippen molar-refractivity contribution in [3.63, 3.8) is 0 Å². The summed E-state index contributed by atoms with van der Waals surface area (Å²) in [6.07, 6.45) is 1.82. The van der Waals surface area contributed by atoms with Crippen LogP contribution in [0.15, 0.2) is 79.0 Å². The average Bonchev–Trinajstić information content (AvgIpc) is 2.81. The number of nitrogens with one attached hydrogen (secondary N) is 1. The Morgan fingerprint density at radius 3 is 2.23 bits per heavy atom. The number of aromatic nitrogens is 1. The van der Waals surface area contributed by atoms with Gasteiger partial charge in [-0.25, -0.2) is 4.98 Å². The molecule has 0 spiro atoms. The van der Waals surface area contributed by atoms with Gasteiger partial charge in [-0.1, -0.05) is 60.7 Å². The summed E-state index contributed by atoms with van der Waals surface area (Å²) in [5, 5.41) is 3.14. The molecule has 4 rings (SSSR count). The van der Waals surface area contributed by atoms with Crippen molar-refractivity contribution in [2.75, 3.05) is 37.6 Å². The van der Waals surface area contributed by atoms with E-state index in [1.807, 2.05) is 49.5 Å². The van der Waals surface area contributed by atoms with E-state index >= 15 is 0 Å². The lowest BCUT2D eigenvalue weighted by Crippen LogP contribution is -2.49. The first-order valence-electron chi connectivity index (χ1n) is 10.5. The van der Waals surface area contributed by atoms with Crippen LogP contribution in [0.2, 0.25) is 0 Å². The van der Waals surface area contributed by atoms with Crippen LogP contribution in [0.25, 0.3) is 11.1 Å². The molecule has 0 bridgehead atoms. The number of benzene rings is 2. The number of piperazine rings is 1. The lowest BCUT2D eigenvalue weighted by atomic mass is 10.0. The molecule has 2 heterocycles. The molecule has 2 aromatic carbocycles. The Morgan fingerprint density at radius 2 is 1.57 bits per heavy atom. The lowest BCUT2D eigenvalue weighted by molar-refractivity contribution is -0.123. The van der Waals surface area contributed by atoms with Crippen molar-refractivity contribution in [3.05, 3.63) is 84.6 Å². The van der Waals surface area contributed by atoms with Gasteiger partial charge in [0.05, 0.1) is 12.6 Å². The first-order chi connectivity index (χ1) is 14.7. The number of carbonyl (C=O) groups excluding carboxylic acids is 1. The van der Waals surface area contributed by atoms with Gasteiger partial charge < -0.3 is 10.2 Å². The number of hydrogen-bond donors (Lipinski definition) is 1. The molecule has 0 aliphatic carbocycles. The minimum absolute atomic E-state index is 0.0165. The van der Waals surface area contributed by atoms with E-state index in [0.717, 1.165) is 37.6 Å². The summed E-state index contributed by atoms with van der Waals surface area (Å²) in [4.78, 5) is 21.4. The third-order valence-corrected chi connectivity index (χ3v) is 5.61. The molecule has 1 aromatic heterocycles. The first kappa shape index (κ1) is 20.1. The van der Waals surface area contributed by atoms with Crippen LogP contribution < -0.4 is 10.2 Å². The highest BCUT2D eigenvalue weighted by atomic mass is 16.2. The third-order valence-electron chi connectivity index (χ3n) is 5.61. The SMILES string of the molecule is C[C@@H](NC(=O)CN1CCN(c2ccccn2)CC1)c1ccc(-c2ccccc2)cc1. The van der Waals surface area contributed by atoms with Gasteiger partial charge in [0.15, 0.2) is 0 Å². The monoisotopic (exact) mass is 400 g/mol. The highest BCUT2D eigenvalue weighted by Gasteiger charge is 2.20. The molecule has 1 N–H and O–H groups in total. The van der Waals surface area contributed by atoms with Gasteiger partial charge in [-0.05, 0) is 35.7 Å². The predicted octanol–water partition coefficient (Wildman–Crippen LogP) is 3.75. The number of pyridine rings is 1. The van der Waals surface area contributed by atoms with Crippen LogP contribution >= 0.6 is 0 Å². The van der Waals surface area contributed by atoms with Crippen molar-refractivity contribution < 1.29 is 4.79 Å². The second kappa shape index (κ2) is 9.55. The van der Waals surface area contributed by atoms with Gasteiger partial charge in [0.1, 0.15) is 5.82 Å². The molecular formula is C25H28N4O. The molecule has 1 saturated heterocycles. The van der Waals surface area contributed by atoms with Gasteiger partial charge in [0.25, 0.3) is 0 Å². The number of nitrogens with zero attached hydrogens (tertiary/aromatic N) is 3. The van der Waals surface area contributed by atoms with Gasteiger partial charge >= 0.3 is 0 Å². The number of carbonyl (C=O) groups is 1. The van der Waals surface area contributed by atoms with Crippen molar-refractivity contribution in [2.24, 2.45) is 0 Å². The second-order valence-electron chi connectivity index (χ2n) is 7.73. The van der Waals surface area contributed by atoms with Crippen molar-refractivity contribution in [1.29, 1.82) is 0 Å². The molecule has 0 unspecified atom stereocenters. The lowest BCUT2D eigenvalue weighted by Gasteiger charge is -2.35. The largest absolute Gasteiger partial charge is 0.354 e. The van der Waals surface area contributed by atoms with Crippen LogP contribution in [0, 0.1) is 0 Å². The van der Waals surface area contributed by atoms with Crippen molar-refractivity contribution in [2.45, 2.75) is 13.0 Å². The zero-order chi connectivity index (χ0) is 20.8. The summed E-state index contributed by atoms with van der Waals surface area (Å²) in [6.45, 7) is 5.98. The summed E-state index contributed by atoms with van der Waals surface area (Å²) < 4.78 is 0. The maximum atomic E-state index is 12.6. The topological polar surface area (TPSA) is 48.5 Å². The Kier molecular flexibility index (Phi) is 6.40. The Labute approximate surface area is 178 Å². The molecule has 1 aliphatic rings. The maximum Gasteiger partial charge on any atom is 0.234 e. The van der Waals surface area contributed by atoms with Crippen LogP contribution in [-0.4, -0.2) is 48.5 Å². The summed E-state index contributed by atoms with van der Waals surface area (Å²) in [5.41, 5.74) is 3.50. The fourth-order valence-electron chi connectivity index (χ4n) is 3.84. The van der Waals surface area contributed by atoms with E-state index in [0.29, 0.717) is 6.54 Å². The maximum absolute atomic E-state index is 12.6. The van der Waals surface area contributed by atoms with Gasteiger partial charge in [-0.15, -0.1) is 0 Å². The molecule has 1 atom stereocenters. The van der Waals surface area contributed by atoms with Crippen LogP contribution in [0.1, 0.15) is 18.5 Å². The highest BCUT2D eigenvalue weighted by Crippen LogP contribution is 2.21. The van der Waals surface area contributed by atoms with E-state index in [1.54, 1.807) is 0 Å². The standard InChI is InChI=1S/C25H28N4O/c1-20(21-10-12-23(13-11-21)22-7-3-2-4-8-22)27-25(30)19-28-15-17-29(18-16-28)24-9-5-6-14-26-24/h2-14,20H,15-19H2,1H3,(H,27,30)/t20-/m1/s1. The Balaban J connectivity index is 1.26. The molecule has 154 valence electrons. The van der Waals surface area contributed by atoms with Crippen LogP contribution in [0.5, 0.6) is 0 Å². The van der Waals surface area contributed by atoms with Crippen LogP contribution in [0.3, 0.4) is 0 Å². The number of anilines is 1. The molecule has 1 fully saturated rings. The summed E-state index contributed by atoms with van der Waals surface area (Å²) in [5.74, 6) is 1.08. The Morgan fingerprint density at radius 1 is 0.900 bits per heavy atom. The van der Waals surface area contributed by atoms with Crippen molar-refractivity contribution in [3.8, 4) is 11.1 Å². The minimum Gasteiger partial charge on any atom is -0.354 e. The zero-order valence-electron chi connectivity index (χ0n) is 17.4. The van der Waals surface area contributed by atoms with E-state index in [4.69, 9.17) is 0 Å². The normalized spacial score (nSPS) is 15.6. The molecule has 0 radical (unpaired) electrons. The predicted molar refractivity (Wildman–Crippen MR) is 121 cm³/mol. The minimum atomic E-state index is -0.0165. The van der Waals surface area contributed by atoms with Gasteiger partial charge in [-0.2, -0.15) is 0 Å². The Bertz CT molecular complexity index is 936. The molecular weight excluding hydrogens is 372 g/mol. The van der Waals surface area contributed by atoms with Gasteiger partial charge in [-0.3, -0.25) is 9.69 Å². The molecule has 5 nitrogen and oxygen atoms in total. The van der Waals surface area contributed by atoms with E-state index in [-0.39, 0.29) is 11.9 Å². The van der Waals surface area contributed by atoms with E-state index in [9.17, 15) is 4.79 Å². The number of amides is 1. The van der Waals surface area contributed by atoms with Gasteiger partial charge in [0, 0.05) is 32.4 Å². The fraction of sp³-hybridized carbons (Fsp3) is 0.280. The van der Waals surface area contributed by atoms with Crippen LogP contribution in [0.4, 0.5) is 5.82 Å².